The molecule has 1 fully saturated rings. The Balaban J connectivity index is 2.65. The molecule has 138 valence electrons. The molecule has 0 N–H and O–H groups in total. The molecule has 1 heterocycles. The molecule has 0 saturated carbocycles. The fourth-order valence-corrected chi connectivity index (χ4v) is 2.87. The van der Waals surface area contributed by atoms with E-state index < -0.39 is 0 Å². The Morgan fingerprint density at radius 1 is 1.21 bits per heavy atom. The van der Waals surface area contributed by atoms with Crippen molar-refractivity contribution in [1.82, 2.24) is 9.80 Å². The number of ether oxygens (including phenoxy) is 2. The topological polar surface area (TPSA) is 76.2 Å². The van der Waals surface area contributed by atoms with Crippen LogP contribution < -0.4 is 0 Å². The van der Waals surface area contributed by atoms with Crippen LogP contribution in [-0.4, -0.2) is 67.2 Å². The zero-order valence-electron chi connectivity index (χ0n) is 15.2. The molecular formula is C17H30N2O5. The van der Waals surface area contributed by atoms with E-state index in [-0.39, 0.29) is 36.4 Å². The predicted molar refractivity (Wildman–Crippen MR) is 89.4 cm³/mol. The summed E-state index contributed by atoms with van der Waals surface area (Å²) in [4.78, 5) is 39.2. The average Bonchev–Trinajstić information content (AvgIpc) is 2.54. The molecule has 0 aromatic carbocycles. The van der Waals surface area contributed by atoms with Crippen LogP contribution in [0.2, 0.25) is 0 Å². The number of carbonyl (C=O) groups excluding carboxylic acids is 3. The van der Waals surface area contributed by atoms with Gasteiger partial charge < -0.3 is 19.3 Å². The second-order valence-corrected chi connectivity index (χ2v) is 6.43. The zero-order chi connectivity index (χ0) is 18.1. The number of methoxy groups -OCH3 is 1. The van der Waals surface area contributed by atoms with Crippen LogP contribution in [-0.2, 0) is 19.1 Å². The van der Waals surface area contributed by atoms with Gasteiger partial charge in [0, 0.05) is 32.1 Å². The van der Waals surface area contributed by atoms with Gasteiger partial charge in [0.2, 0.25) is 5.91 Å². The van der Waals surface area contributed by atoms with E-state index in [0.717, 1.165) is 0 Å². The highest BCUT2D eigenvalue weighted by Gasteiger charge is 2.30. The number of rotatable bonds is 7. The normalized spacial score (nSPS) is 15.3. The summed E-state index contributed by atoms with van der Waals surface area (Å²) in [5.74, 6) is 0.00235. The average molecular weight is 342 g/mol. The molecular weight excluding hydrogens is 312 g/mol. The van der Waals surface area contributed by atoms with Crippen LogP contribution >= 0.6 is 0 Å². The Kier molecular flexibility index (Phi) is 8.57. The number of nitrogens with zero attached hydrogens (tertiary/aromatic N) is 2. The van der Waals surface area contributed by atoms with Gasteiger partial charge in [-0.15, -0.1) is 0 Å². The third-order valence-corrected chi connectivity index (χ3v) is 4.12. The lowest BCUT2D eigenvalue weighted by Gasteiger charge is -2.38. The van der Waals surface area contributed by atoms with E-state index in [1.54, 1.807) is 16.7 Å². The van der Waals surface area contributed by atoms with Gasteiger partial charge in [0.25, 0.3) is 0 Å². The Labute approximate surface area is 144 Å². The molecule has 0 aliphatic carbocycles. The van der Waals surface area contributed by atoms with Crippen molar-refractivity contribution in [1.29, 1.82) is 0 Å². The predicted octanol–water partition coefficient (Wildman–Crippen LogP) is 2.05. The molecule has 0 unspecified atom stereocenters. The number of carbonyl (C=O) groups is 3. The first-order valence-electron chi connectivity index (χ1n) is 8.67. The quantitative estimate of drug-likeness (QED) is 0.662. The molecule has 0 spiro atoms. The molecule has 1 rings (SSSR count). The van der Waals surface area contributed by atoms with Crippen LogP contribution in [0.25, 0.3) is 0 Å². The molecule has 1 aliphatic heterocycles. The first-order valence-corrected chi connectivity index (χ1v) is 8.67. The van der Waals surface area contributed by atoms with Crippen molar-refractivity contribution in [2.45, 2.75) is 52.5 Å². The second kappa shape index (κ2) is 10.2. The van der Waals surface area contributed by atoms with Gasteiger partial charge in [-0.05, 0) is 25.7 Å². The van der Waals surface area contributed by atoms with Gasteiger partial charge in [0.05, 0.1) is 20.1 Å². The molecule has 1 saturated heterocycles. The van der Waals surface area contributed by atoms with Crippen molar-refractivity contribution >= 4 is 18.0 Å². The van der Waals surface area contributed by atoms with E-state index in [0.29, 0.717) is 45.5 Å². The maximum absolute atomic E-state index is 12.5. The van der Waals surface area contributed by atoms with E-state index in [1.807, 2.05) is 13.8 Å². The minimum Gasteiger partial charge on any atom is -0.469 e. The largest absolute Gasteiger partial charge is 0.469 e. The van der Waals surface area contributed by atoms with E-state index in [4.69, 9.17) is 4.74 Å². The molecule has 1 aliphatic rings. The van der Waals surface area contributed by atoms with Gasteiger partial charge in [0.1, 0.15) is 0 Å². The Morgan fingerprint density at radius 2 is 1.83 bits per heavy atom. The summed E-state index contributed by atoms with van der Waals surface area (Å²) < 4.78 is 9.69. The molecule has 7 heteroatoms. The van der Waals surface area contributed by atoms with E-state index in [2.05, 4.69) is 4.74 Å². The van der Waals surface area contributed by atoms with E-state index in [9.17, 15) is 14.4 Å². The second-order valence-electron chi connectivity index (χ2n) is 6.43. The molecule has 7 nitrogen and oxygen atoms in total. The Hall–Kier alpha value is -1.79. The number of amides is 2. The van der Waals surface area contributed by atoms with Gasteiger partial charge in [-0.25, -0.2) is 4.79 Å². The number of esters is 1. The lowest BCUT2D eigenvalue weighted by Crippen LogP contribution is -2.49. The third kappa shape index (κ3) is 6.37. The first kappa shape index (κ1) is 20.3. The van der Waals surface area contributed by atoms with Gasteiger partial charge in [-0.2, -0.15) is 0 Å². The van der Waals surface area contributed by atoms with Crippen molar-refractivity contribution in [2.75, 3.05) is 33.4 Å². The summed E-state index contributed by atoms with van der Waals surface area (Å²) in [6, 6.07) is 0.0478. The maximum atomic E-state index is 12.5. The summed E-state index contributed by atoms with van der Waals surface area (Å²) in [5.41, 5.74) is 0. The summed E-state index contributed by atoms with van der Waals surface area (Å²) in [5, 5.41) is 0. The Morgan fingerprint density at radius 3 is 2.33 bits per heavy atom. The monoisotopic (exact) mass is 342 g/mol. The minimum absolute atomic E-state index is 0.0478. The summed E-state index contributed by atoms with van der Waals surface area (Å²) in [7, 11) is 1.35. The van der Waals surface area contributed by atoms with Gasteiger partial charge in [0.15, 0.2) is 0 Å². The lowest BCUT2D eigenvalue weighted by atomic mass is 10.0. The maximum Gasteiger partial charge on any atom is 0.409 e. The van der Waals surface area contributed by atoms with Gasteiger partial charge >= 0.3 is 12.1 Å². The molecule has 24 heavy (non-hydrogen) atoms. The van der Waals surface area contributed by atoms with Crippen molar-refractivity contribution in [3.8, 4) is 0 Å². The molecule has 0 aromatic heterocycles. The summed E-state index contributed by atoms with van der Waals surface area (Å²) in [6.07, 6.45) is 1.75. The van der Waals surface area contributed by atoms with Crippen LogP contribution in [0.5, 0.6) is 0 Å². The Bertz CT molecular complexity index is 431. The van der Waals surface area contributed by atoms with Crippen LogP contribution in [0.4, 0.5) is 4.79 Å². The smallest absolute Gasteiger partial charge is 0.409 e. The van der Waals surface area contributed by atoms with Crippen LogP contribution in [0.15, 0.2) is 0 Å². The minimum atomic E-state index is -0.318. The number of hydrogen-bond donors (Lipinski definition) is 0. The number of hydrogen-bond acceptors (Lipinski definition) is 5. The van der Waals surface area contributed by atoms with Crippen molar-refractivity contribution in [3.63, 3.8) is 0 Å². The fraction of sp³-hybridized carbons (Fsp3) is 0.824. The molecule has 0 bridgehead atoms. The van der Waals surface area contributed by atoms with Crippen molar-refractivity contribution < 1.29 is 23.9 Å². The van der Waals surface area contributed by atoms with Crippen LogP contribution in [0.3, 0.4) is 0 Å². The third-order valence-electron chi connectivity index (χ3n) is 4.12. The molecule has 0 aromatic rings. The lowest BCUT2D eigenvalue weighted by molar-refractivity contribution is -0.142. The highest BCUT2D eigenvalue weighted by Crippen LogP contribution is 2.20. The van der Waals surface area contributed by atoms with Crippen molar-refractivity contribution in [3.05, 3.63) is 0 Å². The van der Waals surface area contributed by atoms with Gasteiger partial charge in [-0.1, -0.05) is 13.8 Å². The molecule has 0 atom stereocenters. The number of piperidine rings is 1. The van der Waals surface area contributed by atoms with Crippen molar-refractivity contribution in [2.24, 2.45) is 5.92 Å². The molecule has 2 amide bonds. The van der Waals surface area contributed by atoms with Gasteiger partial charge in [-0.3, -0.25) is 9.59 Å². The van der Waals surface area contributed by atoms with E-state index >= 15 is 0 Å². The highest BCUT2D eigenvalue weighted by molar-refractivity contribution is 5.78. The summed E-state index contributed by atoms with van der Waals surface area (Å²) >= 11 is 0. The SMILES string of the molecule is CCOC(=O)N1CCC(N(CCC(=O)OC)C(=O)CC(C)C)CC1. The zero-order valence-corrected chi connectivity index (χ0v) is 15.2. The first-order chi connectivity index (χ1) is 11.4. The van der Waals surface area contributed by atoms with E-state index in [1.165, 1.54) is 7.11 Å². The number of likely N-dealkylation sites (tertiary alicyclic amines) is 1. The standard InChI is InChI=1S/C17H30N2O5/c1-5-24-17(22)18-9-6-14(7-10-18)19(11-8-16(21)23-4)15(20)12-13(2)3/h13-14H,5-12H2,1-4H3. The molecule has 0 radical (unpaired) electrons. The fourth-order valence-electron chi connectivity index (χ4n) is 2.87. The highest BCUT2D eigenvalue weighted by atomic mass is 16.6. The van der Waals surface area contributed by atoms with Crippen LogP contribution in [0.1, 0.15) is 46.5 Å². The summed E-state index contributed by atoms with van der Waals surface area (Å²) in [6.45, 7) is 7.63. The van der Waals surface area contributed by atoms with Crippen LogP contribution in [0, 0.1) is 5.92 Å².